The zero-order chi connectivity index (χ0) is 14.0. The lowest BCUT2D eigenvalue weighted by atomic mass is 9.79. The summed E-state index contributed by atoms with van der Waals surface area (Å²) in [6, 6.07) is 8.61. The largest absolute Gasteiger partial charge is 0.468 e. The molecule has 3 nitrogen and oxygen atoms in total. The van der Waals surface area contributed by atoms with E-state index in [4.69, 9.17) is 4.74 Å². The second kappa shape index (κ2) is 5.47. The van der Waals surface area contributed by atoms with Gasteiger partial charge < -0.3 is 9.64 Å². The number of ether oxygens (including phenoxy) is 1. The molecular weight excluding hydrogens is 250 g/mol. The van der Waals surface area contributed by atoms with Crippen LogP contribution in [-0.4, -0.2) is 26.2 Å². The first-order chi connectivity index (χ1) is 9.76. The van der Waals surface area contributed by atoms with E-state index in [-0.39, 0.29) is 5.97 Å². The van der Waals surface area contributed by atoms with E-state index in [1.165, 1.54) is 25.6 Å². The lowest BCUT2D eigenvalue weighted by molar-refractivity contribution is -0.147. The number of rotatable bonds is 3. The number of nitrogens with zero attached hydrogens (tertiary/aromatic N) is 1. The third-order valence-corrected chi connectivity index (χ3v) is 4.92. The molecule has 1 heterocycles. The average Bonchev–Trinajstić information content (AvgIpc) is 3.18. The van der Waals surface area contributed by atoms with Crippen LogP contribution in [0.3, 0.4) is 0 Å². The summed E-state index contributed by atoms with van der Waals surface area (Å²) in [5.74, 6) is -0.0658. The summed E-state index contributed by atoms with van der Waals surface area (Å²) in [4.78, 5) is 14.7. The van der Waals surface area contributed by atoms with Gasteiger partial charge in [-0.2, -0.15) is 0 Å². The number of carbonyl (C=O) groups excluding carboxylic acids is 1. The summed E-state index contributed by atoms with van der Waals surface area (Å²) >= 11 is 0. The van der Waals surface area contributed by atoms with Crippen LogP contribution >= 0.6 is 0 Å². The Morgan fingerprint density at radius 3 is 2.20 bits per heavy atom. The van der Waals surface area contributed by atoms with Crippen LogP contribution in [0.2, 0.25) is 0 Å². The monoisotopic (exact) mass is 273 g/mol. The van der Waals surface area contributed by atoms with Crippen molar-refractivity contribution in [2.24, 2.45) is 0 Å². The predicted octanol–water partition coefficient (Wildman–Crippen LogP) is 3.27. The SMILES string of the molecule is COC(=O)C1(c2ccc(N3CCCC3)cc2)CCCC1. The van der Waals surface area contributed by atoms with E-state index in [2.05, 4.69) is 29.2 Å². The number of esters is 1. The van der Waals surface area contributed by atoms with Gasteiger partial charge in [0.2, 0.25) is 0 Å². The molecule has 0 spiro atoms. The van der Waals surface area contributed by atoms with E-state index in [1.807, 2.05) is 0 Å². The van der Waals surface area contributed by atoms with Crippen molar-refractivity contribution < 1.29 is 9.53 Å². The smallest absolute Gasteiger partial charge is 0.316 e. The fourth-order valence-electron chi connectivity index (χ4n) is 3.75. The molecule has 0 radical (unpaired) electrons. The van der Waals surface area contributed by atoms with Gasteiger partial charge in [-0.1, -0.05) is 25.0 Å². The van der Waals surface area contributed by atoms with Crippen LogP contribution in [0, 0.1) is 0 Å². The van der Waals surface area contributed by atoms with Crippen molar-refractivity contribution in [3.63, 3.8) is 0 Å². The highest BCUT2D eigenvalue weighted by Crippen LogP contribution is 2.42. The summed E-state index contributed by atoms with van der Waals surface area (Å²) in [6.45, 7) is 2.31. The van der Waals surface area contributed by atoms with Gasteiger partial charge in [0.05, 0.1) is 12.5 Å². The summed E-state index contributed by atoms with van der Waals surface area (Å²) in [5.41, 5.74) is 2.02. The Bertz CT molecular complexity index is 468. The maximum atomic E-state index is 12.2. The number of methoxy groups -OCH3 is 1. The predicted molar refractivity (Wildman–Crippen MR) is 80.1 cm³/mol. The van der Waals surface area contributed by atoms with E-state index in [9.17, 15) is 4.79 Å². The van der Waals surface area contributed by atoms with Gasteiger partial charge in [0.15, 0.2) is 0 Å². The normalized spacial score (nSPS) is 21.1. The Kier molecular flexibility index (Phi) is 3.68. The molecular formula is C17H23NO2. The minimum absolute atomic E-state index is 0.0658. The van der Waals surface area contributed by atoms with E-state index in [1.54, 1.807) is 0 Å². The molecule has 1 aromatic carbocycles. The molecule has 0 bridgehead atoms. The average molecular weight is 273 g/mol. The van der Waals surface area contributed by atoms with Crippen molar-refractivity contribution in [3.05, 3.63) is 29.8 Å². The third kappa shape index (κ3) is 2.19. The first kappa shape index (κ1) is 13.5. The maximum absolute atomic E-state index is 12.2. The van der Waals surface area contributed by atoms with Gasteiger partial charge in [0.1, 0.15) is 0 Å². The van der Waals surface area contributed by atoms with Crippen LogP contribution in [0.15, 0.2) is 24.3 Å². The molecule has 2 aliphatic rings. The lowest BCUT2D eigenvalue weighted by Crippen LogP contribution is -2.34. The van der Waals surface area contributed by atoms with Crippen molar-refractivity contribution in [1.82, 2.24) is 0 Å². The molecule has 1 saturated carbocycles. The molecule has 1 aliphatic heterocycles. The van der Waals surface area contributed by atoms with Crippen molar-refractivity contribution in [3.8, 4) is 0 Å². The van der Waals surface area contributed by atoms with Gasteiger partial charge in [-0.15, -0.1) is 0 Å². The van der Waals surface area contributed by atoms with Crippen molar-refractivity contribution in [2.45, 2.75) is 43.9 Å². The third-order valence-electron chi connectivity index (χ3n) is 4.92. The van der Waals surface area contributed by atoms with Crippen LogP contribution < -0.4 is 4.90 Å². The highest BCUT2D eigenvalue weighted by Gasteiger charge is 2.43. The zero-order valence-electron chi connectivity index (χ0n) is 12.2. The second-order valence-electron chi connectivity index (χ2n) is 6.02. The van der Waals surface area contributed by atoms with Gasteiger partial charge in [-0.05, 0) is 43.4 Å². The van der Waals surface area contributed by atoms with Crippen molar-refractivity contribution in [1.29, 1.82) is 0 Å². The molecule has 2 fully saturated rings. The van der Waals surface area contributed by atoms with Crippen LogP contribution in [-0.2, 0) is 14.9 Å². The van der Waals surface area contributed by atoms with Crippen molar-refractivity contribution in [2.75, 3.05) is 25.1 Å². The van der Waals surface area contributed by atoms with Gasteiger partial charge in [0, 0.05) is 18.8 Å². The molecule has 0 aromatic heterocycles. The van der Waals surface area contributed by atoms with E-state index >= 15 is 0 Å². The molecule has 108 valence electrons. The Balaban J connectivity index is 1.86. The molecule has 1 aliphatic carbocycles. The topological polar surface area (TPSA) is 29.5 Å². The van der Waals surface area contributed by atoms with E-state index < -0.39 is 5.41 Å². The van der Waals surface area contributed by atoms with Gasteiger partial charge in [0.25, 0.3) is 0 Å². The number of hydrogen-bond donors (Lipinski definition) is 0. The molecule has 3 rings (SSSR count). The number of hydrogen-bond acceptors (Lipinski definition) is 3. The van der Waals surface area contributed by atoms with Crippen LogP contribution in [0.1, 0.15) is 44.1 Å². The first-order valence-electron chi connectivity index (χ1n) is 7.70. The highest BCUT2D eigenvalue weighted by atomic mass is 16.5. The Labute approximate surface area is 120 Å². The van der Waals surface area contributed by atoms with Gasteiger partial charge in [-0.3, -0.25) is 4.79 Å². The molecule has 0 atom stereocenters. The standard InChI is InChI=1S/C17H23NO2/c1-20-16(19)17(10-2-3-11-17)14-6-8-15(9-7-14)18-12-4-5-13-18/h6-9H,2-5,10-13H2,1H3. The van der Waals surface area contributed by atoms with Crippen LogP contribution in [0.4, 0.5) is 5.69 Å². The number of anilines is 1. The highest BCUT2D eigenvalue weighted by molar-refractivity contribution is 5.83. The summed E-state index contributed by atoms with van der Waals surface area (Å²) < 4.78 is 5.07. The van der Waals surface area contributed by atoms with E-state index in [0.717, 1.165) is 44.3 Å². The van der Waals surface area contributed by atoms with Gasteiger partial charge in [-0.25, -0.2) is 0 Å². The summed E-state index contributed by atoms with van der Waals surface area (Å²) in [5, 5.41) is 0. The molecule has 0 N–H and O–H groups in total. The molecule has 3 heteroatoms. The summed E-state index contributed by atoms with van der Waals surface area (Å²) in [7, 11) is 1.50. The van der Waals surface area contributed by atoms with Crippen LogP contribution in [0.5, 0.6) is 0 Å². The maximum Gasteiger partial charge on any atom is 0.316 e. The fourth-order valence-corrected chi connectivity index (χ4v) is 3.75. The van der Waals surface area contributed by atoms with Crippen molar-refractivity contribution >= 4 is 11.7 Å². The minimum Gasteiger partial charge on any atom is -0.468 e. The molecule has 0 amide bonds. The Morgan fingerprint density at radius 2 is 1.65 bits per heavy atom. The van der Waals surface area contributed by atoms with Crippen LogP contribution in [0.25, 0.3) is 0 Å². The molecule has 0 unspecified atom stereocenters. The lowest BCUT2D eigenvalue weighted by Gasteiger charge is -2.27. The van der Waals surface area contributed by atoms with E-state index in [0.29, 0.717) is 0 Å². The molecule has 20 heavy (non-hydrogen) atoms. The first-order valence-corrected chi connectivity index (χ1v) is 7.70. The minimum atomic E-state index is -0.391. The number of carbonyl (C=O) groups is 1. The molecule has 1 aromatic rings. The zero-order valence-corrected chi connectivity index (χ0v) is 12.2. The number of benzene rings is 1. The second-order valence-corrected chi connectivity index (χ2v) is 6.02. The molecule has 1 saturated heterocycles. The Morgan fingerprint density at radius 1 is 1.05 bits per heavy atom. The van der Waals surface area contributed by atoms with Gasteiger partial charge >= 0.3 is 5.97 Å². The summed E-state index contributed by atoms with van der Waals surface area (Å²) in [6.07, 6.45) is 6.64. The fraction of sp³-hybridized carbons (Fsp3) is 0.588. The quantitative estimate of drug-likeness (QED) is 0.792. The Hall–Kier alpha value is -1.51.